The largest absolute Gasteiger partial charge is 0.360 e. The van der Waals surface area contributed by atoms with Crippen LogP contribution in [0.4, 0.5) is 5.13 Å². The fourth-order valence-corrected chi connectivity index (χ4v) is 5.88. The normalized spacial score (nSPS) is 26.7. The maximum Gasteiger partial charge on any atom is 0.233 e. The van der Waals surface area contributed by atoms with Crippen molar-refractivity contribution in [1.29, 1.82) is 0 Å². The number of anilines is 1. The number of aliphatic imine (C=N–C) groups is 1. The molecule has 1 saturated heterocycles. The lowest BCUT2D eigenvalue weighted by Crippen LogP contribution is -2.44. The number of imide groups is 1. The molecular weight excluding hydrogens is 412 g/mol. The fraction of sp³-hybridized carbons (Fsp3) is 0.455. The van der Waals surface area contributed by atoms with Crippen molar-refractivity contribution in [3.8, 4) is 0 Å². The molecule has 1 aromatic carbocycles. The maximum atomic E-state index is 12.7. The summed E-state index contributed by atoms with van der Waals surface area (Å²) in [7, 11) is 1.70. The van der Waals surface area contributed by atoms with Crippen molar-refractivity contribution in [2.75, 3.05) is 38.5 Å². The number of carbonyl (C=O) groups excluding carboxylic acids is 2. The number of hydrogen-bond donors (Lipinski definition) is 3. The van der Waals surface area contributed by atoms with Gasteiger partial charge < -0.3 is 16.0 Å². The highest BCUT2D eigenvalue weighted by atomic mass is 32.1. The summed E-state index contributed by atoms with van der Waals surface area (Å²) < 4.78 is 1.16. The molecule has 2 heterocycles. The number of guanidine groups is 1. The molecule has 5 rings (SSSR count). The molecule has 2 aromatic rings. The number of fused-ring (bicyclic) bond motifs is 6. The number of carbonyl (C=O) groups is 2. The molecule has 2 bridgehead atoms. The number of amides is 2. The van der Waals surface area contributed by atoms with E-state index >= 15 is 0 Å². The predicted octanol–water partition coefficient (Wildman–Crippen LogP) is 1.68. The van der Waals surface area contributed by atoms with Crippen molar-refractivity contribution >= 4 is 44.5 Å². The summed E-state index contributed by atoms with van der Waals surface area (Å²) in [6, 6.07) is 8.07. The van der Waals surface area contributed by atoms with Gasteiger partial charge in [0.05, 0.1) is 22.1 Å². The van der Waals surface area contributed by atoms with Gasteiger partial charge in [-0.3, -0.25) is 19.5 Å². The smallest absolute Gasteiger partial charge is 0.233 e. The Morgan fingerprint density at radius 1 is 1.10 bits per heavy atom. The van der Waals surface area contributed by atoms with Crippen LogP contribution in [-0.4, -0.2) is 60.9 Å². The van der Waals surface area contributed by atoms with E-state index in [0.717, 1.165) is 21.8 Å². The molecule has 1 aromatic heterocycles. The van der Waals surface area contributed by atoms with Gasteiger partial charge in [-0.15, -0.1) is 0 Å². The van der Waals surface area contributed by atoms with E-state index in [1.165, 1.54) is 4.90 Å². The lowest BCUT2D eigenvalue weighted by atomic mass is 9.85. The molecule has 4 atom stereocenters. The van der Waals surface area contributed by atoms with Gasteiger partial charge in [0, 0.05) is 33.2 Å². The number of nitrogens with one attached hydrogen (secondary N) is 3. The molecule has 3 aliphatic rings. The Hall–Kier alpha value is -2.94. The van der Waals surface area contributed by atoms with Gasteiger partial charge in [-0.2, -0.15) is 0 Å². The summed E-state index contributed by atoms with van der Waals surface area (Å²) in [6.07, 6.45) is 5.19. The van der Waals surface area contributed by atoms with Crippen LogP contribution >= 0.6 is 11.3 Å². The van der Waals surface area contributed by atoms with E-state index in [4.69, 9.17) is 0 Å². The summed E-state index contributed by atoms with van der Waals surface area (Å²) in [4.78, 5) is 35.7. The molecule has 1 aliphatic heterocycles. The molecule has 162 valence electrons. The van der Waals surface area contributed by atoms with Crippen LogP contribution in [0.3, 0.4) is 0 Å². The van der Waals surface area contributed by atoms with E-state index in [2.05, 4.69) is 44.1 Å². The monoisotopic (exact) mass is 438 g/mol. The summed E-state index contributed by atoms with van der Waals surface area (Å²) in [5.41, 5.74) is 0.999. The van der Waals surface area contributed by atoms with Crippen molar-refractivity contribution in [3.05, 3.63) is 36.4 Å². The molecule has 2 aliphatic carbocycles. The Bertz CT molecular complexity index is 1000. The molecule has 1 saturated carbocycles. The van der Waals surface area contributed by atoms with Crippen LogP contribution in [0.15, 0.2) is 41.4 Å². The van der Waals surface area contributed by atoms with Crippen molar-refractivity contribution in [2.24, 2.45) is 28.7 Å². The molecule has 4 unspecified atom stereocenters. The molecular formula is C22H26N6O2S. The molecule has 0 radical (unpaired) electrons. The van der Waals surface area contributed by atoms with Crippen molar-refractivity contribution in [3.63, 3.8) is 0 Å². The maximum absolute atomic E-state index is 12.7. The van der Waals surface area contributed by atoms with Crippen molar-refractivity contribution in [1.82, 2.24) is 20.5 Å². The number of thiazole rings is 1. The van der Waals surface area contributed by atoms with E-state index in [9.17, 15) is 9.59 Å². The number of para-hydroxylation sites is 1. The Balaban J connectivity index is 1.05. The van der Waals surface area contributed by atoms with Gasteiger partial charge in [-0.05, 0) is 30.4 Å². The first-order valence-electron chi connectivity index (χ1n) is 10.7. The average Bonchev–Trinajstić information content (AvgIpc) is 3.54. The molecule has 0 spiro atoms. The molecule has 2 amide bonds. The molecule has 9 heteroatoms. The summed E-state index contributed by atoms with van der Waals surface area (Å²) in [6.45, 7) is 2.21. The zero-order chi connectivity index (χ0) is 21.4. The van der Waals surface area contributed by atoms with Crippen molar-refractivity contribution in [2.45, 2.75) is 6.42 Å². The van der Waals surface area contributed by atoms with Gasteiger partial charge >= 0.3 is 0 Å². The zero-order valence-electron chi connectivity index (χ0n) is 17.4. The summed E-state index contributed by atoms with van der Waals surface area (Å²) >= 11 is 1.63. The molecule has 2 fully saturated rings. The topological polar surface area (TPSA) is 98.7 Å². The highest BCUT2D eigenvalue weighted by molar-refractivity contribution is 7.22. The third-order valence-electron chi connectivity index (χ3n) is 6.40. The zero-order valence-corrected chi connectivity index (χ0v) is 18.2. The molecule has 31 heavy (non-hydrogen) atoms. The third kappa shape index (κ3) is 3.67. The quantitative estimate of drug-likeness (QED) is 0.200. The van der Waals surface area contributed by atoms with E-state index in [1.54, 1.807) is 18.4 Å². The Morgan fingerprint density at radius 3 is 2.52 bits per heavy atom. The van der Waals surface area contributed by atoms with Gasteiger partial charge in [0.25, 0.3) is 0 Å². The number of rotatable bonds is 7. The van der Waals surface area contributed by atoms with Crippen LogP contribution in [0.25, 0.3) is 10.2 Å². The average molecular weight is 439 g/mol. The van der Waals surface area contributed by atoms with E-state index in [1.807, 2.05) is 18.2 Å². The first kappa shape index (κ1) is 20.0. The summed E-state index contributed by atoms with van der Waals surface area (Å²) in [5, 5.41) is 10.7. The highest BCUT2D eigenvalue weighted by Crippen LogP contribution is 2.52. The second-order valence-electron chi connectivity index (χ2n) is 8.17. The van der Waals surface area contributed by atoms with Gasteiger partial charge in [-0.25, -0.2) is 4.98 Å². The van der Waals surface area contributed by atoms with Crippen LogP contribution in [0.5, 0.6) is 0 Å². The van der Waals surface area contributed by atoms with Crippen molar-refractivity contribution < 1.29 is 9.59 Å². The first-order valence-corrected chi connectivity index (χ1v) is 11.5. The molecule has 8 nitrogen and oxygen atoms in total. The minimum atomic E-state index is -0.131. The second kappa shape index (κ2) is 8.30. The Morgan fingerprint density at radius 2 is 1.81 bits per heavy atom. The number of benzene rings is 1. The highest BCUT2D eigenvalue weighted by Gasteiger charge is 2.58. The van der Waals surface area contributed by atoms with E-state index in [-0.39, 0.29) is 35.5 Å². The minimum Gasteiger partial charge on any atom is -0.360 e. The number of aromatic nitrogens is 1. The van der Waals surface area contributed by atoms with Gasteiger partial charge in [0.1, 0.15) is 0 Å². The lowest BCUT2D eigenvalue weighted by molar-refractivity contribution is -0.140. The van der Waals surface area contributed by atoms with Crippen LogP contribution in [-0.2, 0) is 9.59 Å². The van der Waals surface area contributed by atoms with Gasteiger partial charge in [-0.1, -0.05) is 35.6 Å². The standard InChI is InChI=1S/C22H26N6O2S/c1-23-21(24-8-9-26-22-27-15-4-2-3-5-16(15)31-22)25-10-11-28-19(29)17-13-6-7-14(12-13)18(17)20(28)30/h2-7,13-14,17-18H,8-12H2,1H3,(H,26,27)(H2,23,24,25). The number of hydrogen-bond acceptors (Lipinski definition) is 6. The predicted molar refractivity (Wildman–Crippen MR) is 122 cm³/mol. The van der Waals surface area contributed by atoms with Gasteiger partial charge in [0.2, 0.25) is 11.8 Å². The Labute approximate surface area is 184 Å². The second-order valence-corrected chi connectivity index (χ2v) is 9.20. The third-order valence-corrected chi connectivity index (χ3v) is 7.39. The number of nitrogens with zero attached hydrogens (tertiary/aromatic N) is 3. The number of likely N-dealkylation sites (tertiary alicyclic amines) is 1. The van der Waals surface area contributed by atoms with Crippen LogP contribution in [0, 0.1) is 23.7 Å². The lowest BCUT2D eigenvalue weighted by Gasteiger charge is -2.18. The van der Waals surface area contributed by atoms with Crippen LogP contribution in [0.1, 0.15) is 6.42 Å². The summed E-state index contributed by atoms with van der Waals surface area (Å²) in [5.74, 6) is 0.881. The minimum absolute atomic E-state index is 0.00312. The Kier molecular flexibility index (Phi) is 5.35. The van der Waals surface area contributed by atoms with Crippen LogP contribution < -0.4 is 16.0 Å². The molecule has 3 N–H and O–H groups in total. The number of allylic oxidation sites excluding steroid dienone is 2. The van der Waals surface area contributed by atoms with Crippen LogP contribution in [0.2, 0.25) is 0 Å². The first-order chi connectivity index (χ1) is 15.2. The van der Waals surface area contributed by atoms with Gasteiger partial charge in [0.15, 0.2) is 11.1 Å². The fourth-order valence-electron chi connectivity index (χ4n) is 4.99. The van der Waals surface area contributed by atoms with E-state index < -0.39 is 0 Å². The van der Waals surface area contributed by atoms with E-state index in [0.29, 0.717) is 32.1 Å². The SMILES string of the molecule is CN=C(NCCNc1nc2ccccc2s1)NCCN1C(=O)C2C3C=CC(C3)C2C1=O.